The van der Waals surface area contributed by atoms with Crippen LogP contribution in [0, 0.1) is 0 Å². The van der Waals surface area contributed by atoms with Crippen molar-refractivity contribution in [2.45, 2.75) is 13.3 Å². The molecule has 1 aliphatic rings. The summed E-state index contributed by atoms with van der Waals surface area (Å²) in [7, 11) is 0. The molecular weight excluding hydrogens is 270 g/mol. The molecule has 2 N–H and O–H groups in total. The van der Waals surface area contributed by atoms with Crippen LogP contribution in [0.2, 0.25) is 0 Å². The van der Waals surface area contributed by atoms with E-state index < -0.39 is 0 Å². The number of nitrogen functional groups attached to an aromatic ring is 1. The maximum atomic E-state index is 5.87. The van der Waals surface area contributed by atoms with E-state index in [9.17, 15) is 0 Å². The van der Waals surface area contributed by atoms with Crippen LogP contribution in [-0.2, 0) is 0 Å². The Morgan fingerprint density at radius 2 is 1.81 bits per heavy atom. The van der Waals surface area contributed by atoms with Crippen LogP contribution >= 0.6 is 0 Å². The summed E-state index contributed by atoms with van der Waals surface area (Å²) in [5, 5.41) is 0. The fourth-order valence-electron chi connectivity index (χ4n) is 2.03. The molecule has 0 aliphatic carbocycles. The van der Waals surface area contributed by atoms with Gasteiger partial charge in [-0.15, -0.1) is 0 Å². The quantitative estimate of drug-likeness (QED) is 0.852. The first-order chi connectivity index (χ1) is 10.2. The second-order valence-corrected chi connectivity index (χ2v) is 4.70. The van der Waals surface area contributed by atoms with Gasteiger partial charge in [0.05, 0.1) is 6.61 Å². The van der Waals surface area contributed by atoms with Crippen molar-refractivity contribution in [3.05, 3.63) is 36.4 Å². The van der Waals surface area contributed by atoms with Gasteiger partial charge in [-0.25, -0.2) is 0 Å². The third kappa shape index (κ3) is 3.13. The number of anilines is 1. The highest BCUT2D eigenvalue weighted by atomic mass is 16.7. The Labute approximate surface area is 123 Å². The number of fused-ring (bicyclic) bond motifs is 1. The second kappa shape index (κ2) is 5.83. The molecule has 0 bridgehead atoms. The van der Waals surface area contributed by atoms with Crippen LogP contribution in [0.25, 0.3) is 0 Å². The molecule has 0 atom stereocenters. The summed E-state index contributed by atoms with van der Waals surface area (Å²) in [5.74, 6) is 3.39. The fraction of sp³-hybridized carbons (Fsp3) is 0.250. The Balaban J connectivity index is 1.79. The van der Waals surface area contributed by atoms with E-state index in [2.05, 4.69) is 6.92 Å². The summed E-state index contributed by atoms with van der Waals surface area (Å²) in [6.45, 7) is 2.94. The van der Waals surface area contributed by atoms with Crippen molar-refractivity contribution in [1.29, 1.82) is 0 Å². The molecule has 1 heterocycles. The lowest BCUT2D eigenvalue weighted by Crippen LogP contribution is -1.97. The van der Waals surface area contributed by atoms with Crippen molar-refractivity contribution >= 4 is 5.69 Å². The minimum absolute atomic E-state index is 0.242. The van der Waals surface area contributed by atoms with E-state index in [1.165, 1.54) is 0 Å². The van der Waals surface area contributed by atoms with E-state index in [0.29, 0.717) is 35.3 Å². The number of benzene rings is 2. The first-order valence-corrected chi connectivity index (χ1v) is 6.85. The summed E-state index contributed by atoms with van der Waals surface area (Å²) in [5.41, 5.74) is 6.47. The molecule has 0 saturated carbocycles. The zero-order valence-corrected chi connectivity index (χ0v) is 11.8. The fourth-order valence-corrected chi connectivity index (χ4v) is 2.03. The van der Waals surface area contributed by atoms with Gasteiger partial charge in [0.25, 0.3) is 0 Å². The summed E-state index contributed by atoms with van der Waals surface area (Å²) >= 11 is 0. The molecule has 0 spiro atoms. The van der Waals surface area contributed by atoms with Crippen LogP contribution in [0.1, 0.15) is 13.3 Å². The normalized spacial score (nSPS) is 12.2. The minimum Gasteiger partial charge on any atom is -0.493 e. The predicted molar refractivity (Wildman–Crippen MR) is 79.3 cm³/mol. The lowest BCUT2D eigenvalue weighted by molar-refractivity contribution is 0.174. The largest absolute Gasteiger partial charge is 0.493 e. The number of nitrogens with two attached hydrogens (primary N) is 1. The highest BCUT2D eigenvalue weighted by molar-refractivity contribution is 5.53. The van der Waals surface area contributed by atoms with E-state index in [0.717, 1.165) is 12.2 Å². The van der Waals surface area contributed by atoms with Crippen LogP contribution in [0.15, 0.2) is 36.4 Å². The SMILES string of the molecule is CCCOc1cc(N)cc(Oc2ccc3c(c2)OCO3)c1. The van der Waals surface area contributed by atoms with E-state index in [4.69, 9.17) is 24.7 Å². The van der Waals surface area contributed by atoms with Gasteiger partial charge >= 0.3 is 0 Å². The van der Waals surface area contributed by atoms with Crippen molar-refractivity contribution in [3.63, 3.8) is 0 Å². The third-order valence-electron chi connectivity index (χ3n) is 2.95. The Hall–Kier alpha value is -2.56. The lowest BCUT2D eigenvalue weighted by atomic mass is 10.2. The van der Waals surface area contributed by atoms with Crippen molar-refractivity contribution in [1.82, 2.24) is 0 Å². The lowest BCUT2D eigenvalue weighted by Gasteiger charge is -2.10. The van der Waals surface area contributed by atoms with Crippen molar-refractivity contribution in [2.24, 2.45) is 0 Å². The highest BCUT2D eigenvalue weighted by Gasteiger charge is 2.14. The van der Waals surface area contributed by atoms with Gasteiger partial charge < -0.3 is 24.7 Å². The molecule has 1 aliphatic heterocycles. The molecule has 0 unspecified atom stereocenters. The average molecular weight is 287 g/mol. The first-order valence-electron chi connectivity index (χ1n) is 6.85. The molecule has 0 aromatic heterocycles. The number of ether oxygens (including phenoxy) is 4. The van der Waals surface area contributed by atoms with Gasteiger partial charge in [-0.2, -0.15) is 0 Å². The van der Waals surface area contributed by atoms with Gasteiger partial charge in [0, 0.05) is 30.0 Å². The van der Waals surface area contributed by atoms with Gasteiger partial charge in [-0.3, -0.25) is 0 Å². The molecular formula is C16H17NO4. The molecule has 0 radical (unpaired) electrons. The standard InChI is InChI=1S/C16H17NO4/c1-2-5-18-13-6-11(17)7-14(8-13)21-12-3-4-15-16(9-12)20-10-19-15/h3-4,6-9H,2,5,10,17H2,1H3. The van der Waals surface area contributed by atoms with Crippen LogP contribution in [0.5, 0.6) is 28.7 Å². The summed E-state index contributed by atoms with van der Waals surface area (Å²) in [6.07, 6.45) is 0.938. The van der Waals surface area contributed by atoms with Gasteiger partial charge in [0.2, 0.25) is 6.79 Å². The highest BCUT2D eigenvalue weighted by Crippen LogP contribution is 2.37. The monoisotopic (exact) mass is 287 g/mol. The number of hydrogen-bond donors (Lipinski definition) is 1. The molecule has 2 aromatic carbocycles. The smallest absolute Gasteiger partial charge is 0.231 e. The minimum atomic E-state index is 0.242. The zero-order valence-electron chi connectivity index (χ0n) is 11.8. The maximum absolute atomic E-state index is 5.87. The van der Waals surface area contributed by atoms with Crippen LogP contribution in [0.4, 0.5) is 5.69 Å². The Bertz CT molecular complexity index is 642. The van der Waals surface area contributed by atoms with Crippen molar-refractivity contribution in [3.8, 4) is 28.7 Å². The molecule has 0 fully saturated rings. The van der Waals surface area contributed by atoms with Gasteiger partial charge in [0.1, 0.15) is 17.2 Å². The molecule has 3 rings (SSSR count). The van der Waals surface area contributed by atoms with E-state index in [1.54, 1.807) is 18.2 Å². The van der Waals surface area contributed by atoms with Crippen LogP contribution in [0.3, 0.4) is 0 Å². The number of rotatable bonds is 5. The molecule has 21 heavy (non-hydrogen) atoms. The van der Waals surface area contributed by atoms with Crippen LogP contribution < -0.4 is 24.7 Å². The Morgan fingerprint density at radius 1 is 1.00 bits per heavy atom. The molecule has 110 valence electrons. The molecule has 0 amide bonds. The van der Waals surface area contributed by atoms with Crippen LogP contribution in [-0.4, -0.2) is 13.4 Å². The second-order valence-electron chi connectivity index (χ2n) is 4.70. The van der Waals surface area contributed by atoms with Gasteiger partial charge in [0.15, 0.2) is 11.5 Å². The van der Waals surface area contributed by atoms with E-state index in [1.807, 2.05) is 18.2 Å². The zero-order chi connectivity index (χ0) is 14.7. The topological polar surface area (TPSA) is 62.9 Å². The third-order valence-corrected chi connectivity index (χ3v) is 2.95. The molecule has 0 saturated heterocycles. The first kappa shape index (κ1) is 13.4. The average Bonchev–Trinajstić information content (AvgIpc) is 2.92. The van der Waals surface area contributed by atoms with Gasteiger partial charge in [-0.1, -0.05) is 6.92 Å². The molecule has 2 aromatic rings. The van der Waals surface area contributed by atoms with Crippen molar-refractivity contribution < 1.29 is 18.9 Å². The van der Waals surface area contributed by atoms with Gasteiger partial charge in [-0.05, 0) is 18.6 Å². The van der Waals surface area contributed by atoms with E-state index in [-0.39, 0.29) is 6.79 Å². The van der Waals surface area contributed by atoms with Crippen molar-refractivity contribution in [2.75, 3.05) is 19.1 Å². The summed E-state index contributed by atoms with van der Waals surface area (Å²) < 4.78 is 22.0. The molecule has 5 heteroatoms. The molecule has 5 nitrogen and oxygen atoms in total. The Kier molecular flexibility index (Phi) is 3.73. The van der Waals surface area contributed by atoms with E-state index >= 15 is 0 Å². The maximum Gasteiger partial charge on any atom is 0.231 e. The Morgan fingerprint density at radius 3 is 2.67 bits per heavy atom. The predicted octanol–water partition coefficient (Wildman–Crippen LogP) is 3.58. The summed E-state index contributed by atoms with van der Waals surface area (Å²) in [4.78, 5) is 0. The summed E-state index contributed by atoms with van der Waals surface area (Å²) in [6, 6.07) is 10.8. The number of hydrogen-bond acceptors (Lipinski definition) is 5.